The Labute approximate surface area is 134 Å². The van der Waals surface area contributed by atoms with E-state index in [0.717, 1.165) is 17.0 Å². The molecule has 6 nitrogen and oxygen atoms in total. The second-order valence-electron chi connectivity index (χ2n) is 5.39. The van der Waals surface area contributed by atoms with Gasteiger partial charge in [-0.05, 0) is 25.5 Å². The Hall–Kier alpha value is -2.73. The molecule has 1 atom stereocenters. The molecule has 0 aliphatic rings. The predicted octanol–water partition coefficient (Wildman–Crippen LogP) is 2.42. The van der Waals surface area contributed by atoms with Crippen LogP contribution in [-0.2, 0) is 0 Å². The van der Waals surface area contributed by atoms with Gasteiger partial charge in [-0.25, -0.2) is 9.67 Å². The Kier molecular flexibility index (Phi) is 4.34. The lowest BCUT2D eigenvalue weighted by atomic mass is 10.1. The lowest BCUT2D eigenvalue weighted by Crippen LogP contribution is -2.16. The van der Waals surface area contributed by atoms with Crippen LogP contribution in [0.1, 0.15) is 23.0 Å². The summed E-state index contributed by atoms with van der Waals surface area (Å²) in [5.41, 5.74) is 2.92. The highest BCUT2D eigenvalue weighted by molar-refractivity contribution is 5.40. The molecule has 0 saturated carbocycles. The van der Waals surface area contributed by atoms with E-state index >= 15 is 0 Å². The maximum atomic E-state index is 9.65. The first kappa shape index (κ1) is 15.2. The summed E-state index contributed by atoms with van der Waals surface area (Å²) in [4.78, 5) is 8.77. The molecule has 2 N–H and O–H groups in total. The van der Waals surface area contributed by atoms with Crippen LogP contribution in [0.4, 0.5) is 5.82 Å². The molecule has 0 radical (unpaired) electrons. The summed E-state index contributed by atoms with van der Waals surface area (Å²) in [5.74, 6) is 1.24. The van der Waals surface area contributed by atoms with E-state index in [1.807, 2.05) is 50.2 Å². The number of aliphatic hydroxyl groups excluding tert-OH is 1. The van der Waals surface area contributed by atoms with Crippen molar-refractivity contribution in [3.63, 3.8) is 0 Å². The molecule has 118 valence electrons. The third-order valence-corrected chi connectivity index (χ3v) is 3.56. The largest absolute Gasteiger partial charge is 0.394 e. The van der Waals surface area contributed by atoms with Gasteiger partial charge in [-0.1, -0.05) is 30.3 Å². The molecule has 0 aliphatic carbocycles. The molecule has 6 heteroatoms. The highest BCUT2D eigenvalue weighted by atomic mass is 16.3. The van der Waals surface area contributed by atoms with Crippen LogP contribution >= 0.6 is 0 Å². The zero-order valence-corrected chi connectivity index (χ0v) is 13.1. The highest BCUT2D eigenvalue weighted by Gasteiger charge is 2.12. The number of nitrogens with one attached hydrogen (secondary N) is 1. The van der Waals surface area contributed by atoms with Crippen molar-refractivity contribution >= 4 is 5.82 Å². The molecule has 1 unspecified atom stereocenters. The molecule has 3 aromatic rings. The van der Waals surface area contributed by atoms with Crippen molar-refractivity contribution in [1.29, 1.82) is 0 Å². The first-order chi connectivity index (χ1) is 11.2. The minimum Gasteiger partial charge on any atom is -0.394 e. The van der Waals surface area contributed by atoms with Crippen LogP contribution in [0.15, 0.2) is 48.8 Å². The van der Waals surface area contributed by atoms with Gasteiger partial charge in [0.1, 0.15) is 5.82 Å². The number of anilines is 1. The summed E-state index contributed by atoms with van der Waals surface area (Å²) in [5, 5.41) is 17.3. The fraction of sp³-hybridized carbons (Fsp3) is 0.235. The molecule has 23 heavy (non-hydrogen) atoms. The van der Waals surface area contributed by atoms with Gasteiger partial charge in [0.25, 0.3) is 0 Å². The molecular weight excluding hydrogens is 290 g/mol. The molecule has 0 spiro atoms. The summed E-state index contributed by atoms with van der Waals surface area (Å²) in [6, 6.07) is 11.5. The number of hydrogen-bond donors (Lipinski definition) is 2. The van der Waals surface area contributed by atoms with E-state index in [2.05, 4.69) is 20.4 Å². The average molecular weight is 309 g/mol. The van der Waals surface area contributed by atoms with E-state index in [9.17, 15) is 5.11 Å². The standard InChI is InChI=1S/C17H19N5O/c1-12-8-13(2)22(21-12)17-10-18-9-16(20-17)19-15(11-23)14-6-4-3-5-7-14/h3-10,15,23H,11H2,1-2H3,(H,19,20). The number of benzene rings is 1. The smallest absolute Gasteiger partial charge is 0.174 e. The maximum Gasteiger partial charge on any atom is 0.174 e. The van der Waals surface area contributed by atoms with Gasteiger partial charge in [0.2, 0.25) is 0 Å². The van der Waals surface area contributed by atoms with Crippen LogP contribution in [-0.4, -0.2) is 31.5 Å². The van der Waals surface area contributed by atoms with Crippen molar-refractivity contribution in [1.82, 2.24) is 19.7 Å². The van der Waals surface area contributed by atoms with E-state index in [0.29, 0.717) is 11.6 Å². The first-order valence-electron chi connectivity index (χ1n) is 7.45. The van der Waals surface area contributed by atoms with Crippen molar-refractivity contribution in [2.45, 2.75) is 19.9 Å². The van der Waals surface area contributed by atoms with Crippen LogP contribution < -0.4 is 5.32 Å². The van der Waals surface area contributed by atoms with Crippen LogP contribution in [0.5, 0.6) is 0 Å². The Balaban J connectivity index is 1.86. The highest BCUT2D eigenvalue weighted by Crippen LogP contribution is 2.18. The Bertz CT molecular complexity index is 785. The van der Waals surface area contributed by atoms with Crippen molar-refractivity contribution in [2.75, 3.05) is 11.9 Å². The zero-order valence-electron chi connectivity index (χ0n) is 13.1. The third kappa shape index (κ3) is 3.37. The maximum absolute atomic E-state index is 9.65. The average Bonchev–Trinajstić information content (AvgIpc) is 2.92. The Morgan fingerprint density at radius 3 is 2.61 bits per heavy atom. The Morgan fingerprint density at radius 1 is 1.17 bits per heavy atom. The van der Waals surface area contributed by atoms with E-state index < -0.39 is 0 Å². The van der Waals surface area contributed by atoms with E-state index in [1.54, 1.807) is 17.1 Å². The zero-order chi connectivity index (χ0) is 16.2. The molecule has 2 aromatic heterocycles. The third-order valence-electron chi connectivity index (χ3n) is 3.56. The summed E-state index contributed by atoms with van der Waals surface area (Å²) < 4.78 is 1.75. The van der Waals surface area contributed by atoms with Gasteiger partial charge in [0.15, 0.2) is 5.82 Å². The number of hydrogen-bond acceptors (Lipinski definition) is 5. The molecular formula is C17H19N5O. The lowest BCUT2D eigenvalue weighted by Gasteiger charge is -2.17. The van der Waals surface area contributed by atoms with Crippen LogP contribution in [0.3, 0.4) is 0 Å². The molecule has 2 heterocycles. The minimum absolute atomic E-state index is 0.0319. The number of aryl methyl sites for hydroxylation is 2. The van der Waals surface area contributed by atoms with Gasteiger partial charge >= 0.3 is 0 Å². The van der Waals surface area contributed by atoms with Gasteiger partial charge in [-0.15, -0.1) is 0 Å². The van der Waals surface area contributed by atoms with E-state index in [1.165, 1.54) is 0 Å². The summed E-state index contributed by atoms with van der Waals surface area (Å²) in [7, 11) is 0. The van der Waals surface area contributed by atoms with Crippen molar-refractivity contribution in [2.24, 2.45) is 0 Å². The van der Waals surface area contributed by atoms with Gasteiger partial charge in [0.05, 0.1) is 30.7 Å². The van der Waals surface area contributed by atoms with Crippen molar-refractivity contribution in [3.05, 3.63) is 65.7 Å². The summed E-state index contributed by atoms with van der Waals surface area (Å²) in [6.45, 7) is 3.88. The second kappa shape index (κ2) is 6.58. The predicted molar refractivity (Wildman–Crippen MR) is 88.5 cm³/mol. The summed E-state index contributed by atoms with van der Waals surface area (Å²) in [6.07, 6.45) is 3.31. The van der Waals surface area contributed by atoms with Gasteiger partial charge < -0.3 is 10.4 Å². The number of rotatable bonds is 5. The van der Waals surface area contributed by atoms with Crippen LogP contribution in [0.2, 0.25) is 0 Å². The number of aromatic nitrogens is 4. The summed E-state index contributed by atoms with van der Waals surface area (Å²) >= 11 is 0. The number of aliphatic hydroxyl groups is 1. The van der Waals surface area contributed by atoms with Crippen LogP contribution in [0.25, 0.3) is 5.82 Å². The molecule has 3 rings (SSSR count). The normalized spacial score (nSPS) is 12.1. The lowest BCUT2D eigenvalue weighted by molar-refractivity contribution is 0.276. The fourth-order valence-electron chi connectivity index (χ4n) is 2.49. The minimum atomic E-state index is -0.235. The molecule has 0 bridgehead atoms. The topological polar surface area (TPSA) is 75.9 Å². The quantitative estimate of drug-likeness (QED) is 0.757. The second-order valence-corrected chi connectivity index (χ2v) is 5.39. The molecule has 0 aliphatic heterocycles. The molecule has 0 saturated heterocycles. The fourth-order valence-corrected chi connectivity index (χ4v) is 2.49. The molecule has 0 amide bonds. The van der Waals surface area contributed by atoms with Gasteiger partial charge in [0, 0.05) is 5.69 Å². The van der Waals surface area contributed by atoms with E-state index in [-0.39, 0.29) is 12.6 Å². The first-order valence-corrected chi connectivity index (χ1v) is 7.45. The van der Waals surface area contributed by atoms with Crippen LogP contribution in [0, 0.1) is 13.8 Å². The van der Waals surface area contributed by atoms with Crippen molar-refractivity contribution < 1.29 is 5.11 Å². The van der Waals surface area contributed by atoms with Crippen molar-refractivity contribution in [3.8, 4) is 5.82 Å². The Morgan fingerprint density at radius 2 is 1.96 bits per heavy atom. The monoisotopic (exact) mass is 309 g/mol. The molecule has 0 fully saturated rings. The van der Waals surface area contributed by atoms with E-state index in [4.69, 9.17) is 0 Å². The van der Waals surface area contributed by atoms with Gasteiger partial charge in [-0.2, -0.15) is 5.10 Å². The van der Waals surface area contributed by atoms with Gasteiger partial charge in [-0.3, -0.25) is 4.98 Å². The number of nitrogens with zero attached hydrogens (tertiary/aromatic N) is 4. The SMILES string of the molecule is Cc1cc(C)n(-c2cncc(NC(CO)c3ccccc3)n2)n1. The molecule has 1 aromatic carbocycles.